The van der Waals surface area contributed by atoms with Crippen LogP contribution in [0.1, 0.15) is 65.2 Å². The molecule has 0 aromatic heterocycles. The summed E-state index contributed by atoms with van der Waals surface area (Å²) < 4.78 is 0. The van der Waals surface area contributed by atoms with Crippen molar-refractivity contribution in [2.45, 2.75) is 65.2 Å². The maximum atomic E-state index is 8.04. The fraction of sp³-hybridized carbons (Fsp3) is 0.833. The molecule has 0 bridgehead atoms. The van der Waals surface area contributed by atoms with Gasteiger partial charge in [0.1, 0.15) is 0 Å². The van der Waals surface area contributed by atoms with E-state index < -0.39 is 0 Å². The summed E-state index contributed by atoms with van der Waals surface area (Å²) in [4.78, 5) is 0. The second-order valence-electron chi connectivity index (χ2n) is 3.23. The molecule has 0 radical (unpaired) electrons. The van der Waals surface area contributed by atoms with Gasteiger partial charge in [-0.2, -0.15) is 10.5 Å². The molecular formula is C12H22N2. The van der Waals surface area contributed by atoms with Crippen molar-refractivity contribution < 1.29 is 0 Å². The Kier molecular flexibility index (Phi) is 19.8. The highest BCUT2D eigenvalue weighted by Gasteiger charge is 1.80. The lowest BCUT2D eigenvalue weighted by Crippen LogP contribution is -1.68. The number of hydrogen-bond donors (Lipinski definition) is 0. The van der Waals surface area contributed by atoms with Gasteiger partial charge in [0, 0.05) is 12.8 Å². The zero-order chi connectivity index (χ0) is 11.1. The van der Waals surface area contributed by atoms with Crippen LogP contribution in [0.5, 0.6) is 0 Å². The van der Waals surface area contributed by atoms with Gasteiger partial charge in [0.25, 0.3) is 0 Å². The maximum Gasteiger partial charge on any atom is 0.0621 e. The maximum absolute atomic E-state index is 8.04. The van der Waals surface area contributed by atoms with Crippen molar-refractivity contribution in [3.05, 3.63) is 0 Å². The number of nitrogens with zero attached hydrogens (tertiary/aromatic N) is 2. The van der Waals surface area contributed by atoms with E-state index in [1.807, 2.05) is 0 Å². The monoisotopic (exact) mass is 194 g/mol. The predicted molar refractivity (Wildman–Crippen MR) is 59.5 cm³/mol. The van der Waals surface area contributed by atoms with E-state index in [0.29, 0.717) is 0 Å². The van der Waals surface area contributed by atoms with E-state index in [2.05, 4.69) is 26.0 Å². The minimum Gasteiger partial charge on any atom is -0.198 e. The average molecular weight is 194 g/mol. The smallest absolute Gasteiger partial charge is 0.0621 e. The molecule has 0 atom stereocenters. The third kappa shape index (κ3) is 22.4. The summed E-state index contributed by atoms with van der Waals surface area (Å²) in [6, 6.07) is 4.20. The Morgan fingerprint density at radius 1 is 0.714 bits per heavy atom. The lowest BCUT2D eigenvalue weighted by Gasteiger charge is -1.84. The van der Waals surface area contributed by atoms with E-state index in [4.69, 9.17) is 10.5 Å². The average Bonchev–Trinajstić information content (AvgIpc) is 2.21. The summed E-state index contributed by atoms with van der Waals surface area (Å²) in [6.45, 7) is 4.27. The first-order chi connectivity index (χ1) is 6.83. The number of rotatable bonds is 6. The molecule has 0 heterocycles. The molecule has 0 aliphatic carbocycles. The zero-order valence-corrected chi connectivity index (χ0v) is 9.55. The molecule has 0 rings (SSSR count). The fourth-order valence-electron chi connectivity index (χ4n) is 0.908. The summed E-state index contributed by atoms with van der Waals surface area (Å²) in [7, 11) is 0. The van der Waals surface area contributed by atoms with Crippen molar-refractivity contribution in [3.8, 4) is 12.1 Å². The number of unbranched alkanes of at least 4 members (excludes halogenated alkanes) is 6. The largest absolute Gasteiger partial charge is 0.198 e. The minimum atomic E-state index is 0.730. The second-order valence-corrected chi connectivity index (χ2v) is 3.23. The molecule has 0 N–H and O–H groups in total. The molecule has 2 heteroatoms. The van der Waals surface area contributed by atoms with Crippen molar-refractivity contribution >= 4 is 0 Å². The second kappa shape index (κ2) is 17.9. The highest BCUT2D eigenvalue weighted by molar-refractivity contribution is 4.67. The molecule has 0 amide bonds. The minimum absolute atomic E-state index is 0.730. The first kappa shape index (κ1) is 15.5. The van der Waals surface area contributed by atoms with Crippen LogP contribution in [0.2, 0.25) is 0 Å². The van der Waals surface area contributed by atoms with Crippen LogP contribution in [-0.4, -0.2) is 0 Å². The molecule has 14 heavy (non-hydrogen) atoms. The first-order valence-corrected chi connectivity index (χ1v) is 5.57. The van der Waals surface area contributed by atoms with Gasteiger partial charge in [0.2, 0.25) is 0 Å². The summed E-state index contributed by atoms with van der Waals surface area (Å²) in [5.41, 5.74) is 0. The van der Waals surface area contributed by atoms with Crippen LogP contribution in [0.25, 0.3) is 0 Å². The van der Waals surface area contributed by atoms with Crippen LogP contribution in [0.4, 0.5) is 0 Å². The lowest BCUT2D eigenvalue weighted by molar-refractivity contribution is 0.734. The van der Waals surface area contributed by atoms with Crippen LogP contribution < -0.4 is 0 Å². The Morgan fingerprint density at radius 3 is 1.29 bits per heavy atom. The van der Waals surface area contributed by atoms with E-state index in [-0.39, 0.29) is 0 Å². The molecule has 0 spiro atoms. The Balaban J connectivity index is 0. The molecule has 0 aromatic carbocycles. The number of nitriles is 2. The molecule has 80 valence electrons. The Morgan fingerprint density at radius 2 is 1.07 bits per heavy atom. The first-order valence-electron chi connectivity index (χ1n) is 5.57. The molecule has 0 aliphatic rings. The molecule has 0 saturated carbocycles. The van der Waals surface area contributed by atoms with Crippen molar-refractivity contribution in [1.29, 1.82) is 10.5 Å². The predicted octanol–water partition coefficient (Wildman–Crippen LogP) is 4.18. The van der Waals surface area contributed by atoms with E-state index in [0.717, 1.165) is 25.7 Å². The zero-order valence-electron chi connectivity index (χ0n) is 9.55. The highest BCUT2D eigenvalue weighted by atomic mass is 14.2. The SMILES string of the molecule is CCCCCC#N.CCCCCC#N. The van der Waals surface area contributed by atoms with Crippen LogP contribution in [0.15, 0.2) is 0 Å². The molecule has 0 aromatic rings. The van der Waals surface area contributed by atoms with E-state index in [9.17, 15) is 0 Å². The van der Waals surface area contributed by atoms with E-state index in [1.165, 1.54) is 25.7 Å². The van der Waals surface area contributed by atoms with Gasteiger partial charge < -0.3 is 0 Å². The summed E-state index contributed by atoms with van der Waals surface area (Å²) in [5.74, 6) is 0. The van der Waals surface area contributed by atoms with E-state index >= 15 is 0 Å². The normalized spacial score (nSPS) is 8.00. The van der Waals surface area contributed by atoms with Crippen LogP contribution >= 0.6 is 0 Å². The molecular weight excluding hydrogens is 172 g/mol. The summed E-state index contributed by atoms with van der Waals surface area (Å²) >= 11 is 0. The van der Waals surface area contributed by atoms with Gasteiger partial charge in [-0.15, -0.1) is 0 Å². The van der Waals surface area contributed by atoms with Crippen molar-refractivity contribution in [2.24, 2.45) is 0 Å². The quantitative estimate of drug-likeness (QED) is 0.595. The highest BCUT2D eigenvalue weighted by Crippen LogP contribution is 1.96. The van der Waals surface area contributed by atoms with Gasteiger partial charge in [-0.3, -0.25) is 0 Å². The summed E-state index contributed by atoms with van der Waals surface area (Å²) in [5, 5.41) is 16.1. The standard InChI is InChI=1S/2C6H11N/c2*1-2-3-4-5-6-7/h2*2-5H2,1H3. The van der Waals surface area contributed by atoms with Crippen LogP contribution in [0.3, 0.4) is 0 Å². The third-order valence-electron chi connectivity index (χ3n) is 1.78. The number of hydrogen-bond acceptors (Lipinski definition) is 2. The van der Waals surface area contributed by atoms with Gasteiger partial charge in [0.05, 0.1) is 12.1 Å². The Hall–Kier alpha value is -1.02. The summed E-state index contributed by atoms with van der Waals surface area (Å²) in [6.07, 6.45) is 8.44. The molecule has 2 nitrogen and oxygen atoms in total. The molecule has 0 aliphatic heterocycles. The van der Waals surface area contributed by atoms with Crippen molar-refractivity contribution in [3.63, 3.8) is 0 Å². The van der Waals surface area contributed by atoms with Crippen molar-refractivity contribution in [2.75, 3.05) is 0 Å². The topological polar surface area (TPSA) is 47.6 Å². The van der Waals surface area contributed by atoms with Gasteiger partial charge in [0.15, 0.2) is 0 Å². The fourth-order valence-corrected chi connectivity index (χ4v) is 0.908. The van der Waals surface area contributed by atoms with Crippen LogP contribution in [0, 0.1) is 22.7 Å². The van der Waals surface area contributed by atoms with Crippen molar-refractivity contribution in [1.82, 2.24) is 0 Å². The molecule has 0 saturated heterocycles. The molecule has 0 fully saturated rings. The molecule has 0 unspecified atom stereocenters. The van der Waals surface area contributed by atoms with Gasteiger partial charge >= 0.3 is 0 Å². The van der Waals surface area contributed by atoms with Gasteiger partial charge in [-0.05, 0) is 12.8 Å². The van der Waals surface area contributed by atoms with Gasteiger partial charge in [-0.25, -0.2) is 0 Å². The van der Waals surface area contributed by atoms with Crippen LogP contribution in [-0.2, 0) is 0 Å². The lowest BCUT2D eigenvalue weighted by atomic mass is 10.2. The van der Waals surface area contributed by atoms with Gasteiger partial charge in [-0.1, -0.05) is 39.5 Å². The van der Waals surface area contributed by atoms with E-state index in [1.54, 1.807) is 0 Å². The third-order valence-corrected chi connectivity index (χ3v) is 1.78. The Bertz CT molecular complexity index is 142. The Labute approximate surface area is 88.5 Å².